The zero-order valence-corrected chi connectivity index (χ0v) is 11.1. The molecule has 0 radical (unpaired) electrons. The van der Waals surface area contributed by atoms with Crippen molar-refractivity contribution in [1.82, 2.24) is 0 Å². The third-order valence-corrected chi connectivity index (χ3v) is 3.86. The van der Waals surface area contributed by atoms with Crippen molar-refractivity contribution in [2.24, 2.45) is 0 Å². The number of hydrogen-bond acceptors (Lipinski definition) is 4. The lowest BCUT2D eigenvalue weighted by Gasteiger charge is -2.03. The average molecular weight is 313 g/mol. The minimum Gasteiger partial charge on any atom is -0.380 e. The second-order valence-electron chi connectivity index (χ2n) is 3.39. The van der Waals surface area contributed by atoms with Crippen LogP contribution in [0.2, 0.25) is 0 Å². The Hall–Kier alpha value is -1.40. The van der Waals surface area contributed by atoms with Crippen molar-refractivity contribution in [2.75, 3.05) is 5.32 Å². The van der Waals surface area contributed by atoms with E-state index in [2.05, 4.69) is 21.2 Å². The summed E-state index contributed by atoms with van der Waals surface area (Å²) in [6, 6.07) is 8.45. The van der Waals surface area contributed by atoms with Crippen molar-refractivity contribution in [2.45, 2.75) is 6.54 Å². The predicted octanol–water partition coefficient (Wildman–Crippen LogP) is 4.03. The monoisotopic (exact) mass is 312 g/mol. The fourth-order valence-corrected chi connectivity index (χ4v) is 2.73. The third-order valence-electron chi connectivity index (χ3n) is 2.17. The number of nitrogens with one attached hydrogen (secondary N) is 1. The van der Waals surface area contributed by atoms with Gasteiger partial charge in [0.15, 0.2) is 0 Å². The number of halogens is 1. The molecule has 88 valence electrons. The Kier molecular flexibility index (Phi) is 3.75. The van der Waals surface area contributed by atoms with E-state index < -0.39 is 4.92 Å². The van der Waals surface area contributed by atoms with Crippen LogP contribution >= 0.6 is 27.3 Å². The molecule has 0 unspecified atom stereocenters. The molecule has 1 aromatic heterocycles. The van der Waals surface area contributed by atoms with E-state index in [-0.39, 0.29) is 5.69 Å². The topological polar surface area (TPSA) is 55.2 Å². The van der Waals surface area contributed by atoms with E-state index in [1.165, 1.54) is 17.0 Å². The van der Waals surface area contributed by atoms with Crippen LogP contribution in [0.15, 0.2) is 40.2 Å². The van der Waals surface area contributed by atoms with Gasteiger partial charge in [0, 0.05) is 39.1 Å². The van der Waals surface area contributed by atoms with E-state index in [0.29, 0.717) is 6.54 Å². The number of rotatable bonds is 4. The van der Waals surface area contributed by atoms with Crippen LogP contribution in [0.5, 0.6) is 0 Å². The largest absolute Gasteiger partial charge is 0.380 e. The van der Waals surface area contributed by atoms with Gasteiger partial charge in [0.25, 0.3) is 5.69 Å². The lowest BCUT2D eigenvalue weighted by molar-refractivity contribution is -0.384. The predicted molar refractivity (Wildman–Crippen MR) is 72.4 cm³/mol. The molecule has 0 spiro atoms. The van der Waals surface area contributed by atoms with Gasteiger partial charge in [-0.25, -0.2) is 0 Å². The van der Waals surface area contributed by atoms with Crippen LogP contribution in [-0.2, 0) is 6.54 Å². The maximum atomic E-state index is 10.5. The molecule has 1 N–H and O–H groups in total. The summed E-state index contributed by atoms with van der Waals surface area (Å²) in [7, 11) is 0. The van der Waals surface area contributed by atoms with Gasteiger partial charge >= 0.3 is 0 Å². The Morgan fingerprint density at radius 2 is 2.06 bits per heavy atom. The molecule has 2 rings (SSSR count). The molecule has 1 aromatic carbocycles. The van der Waals surface area contributed by atoms with Crippen LogP contribution in [0.25, 0.3) is 0 Å². The first kappa shape index (κ1) is 12.1. The molecule has 0 aliphatic carbocycles. The molecule has 0 saturated carbocycles. The highest BCUT2D eigenvalue weighted by molar-refractivity contribution is 9.10. The second-order valence-corrected chi connectivity index (χ2v) is 5.30. The van der Waals surface area contributed by atoms with Crippen LogP contribution in [0.3, 0.4) is 0 Å². The van der Waals surface area contributed by atoms with E-state index >= 15 is 0 Å². The molecule has 0 atom stereocenters. The van der Waals surface area contributed by atoms with Gasteiger partial charge in [0.1, 0.15) is 0 Å². The maximum absolute atomic E-state index is 10.5. The molecule has 0 amide bonds. The van der Waals surface area contributed by atoms with Crippen LogP contribution in [0.1, 0.15) is 4.88 Å². The summed E-state index contributed by atoms with van der Waals surface area (Å²) in [6.45, 7) is 0.716. The fraction of sp³-hybridized carbons (Fsp3) is 0.0909. The van der Waals surface area contributed by atoms with Crippen LogP contribution in [-0.4, -0.2) is 4.92 Å². The van der Waals surface area contributed by atoms with E-state index in [0.717, 1.165) is 10.2 Å². The number of hydrogen-bond donors (Lipinski definition) is 1. The minimum absolute atomic E-state index is 0.106. The van der Waals surface area contributed by atoms with Crippen LogP contribution in [0.4, 0.5) is 11.4 Å². The minimum atomic E-state index is -0.403. The number of nitrogens with zero attached hydrogens (tertiary/aromatic N) is 1. The zero-order chi connectivity index (χ0) is 12.3. The van der Waals surface area contributed by atoms with E-state index in [4.69, 9.17) is 0 Å². The molecule has 4 nitrogen and oxygen atoms in total. The lowest BCUT2D eigenvalue weighted by Crippen LogP contribution is -1.97. The van der Waals surface area contributed by atoms with Gasteiger partial charge in [-0.1, -0.05) is 0 Å². The molecule has 0 aliphatic heterocycles. The SMILES string of the molecule is O=[N+]([O-])c1ccc(NCc2cc(Br)cs2)cc1. The molecule has 1 heterocycles. The van der Waals surface area contributed by atoms with Crippen molar-refractivity contribution in [3.05, 3.63) is 55.2 Å². The average Bonchev–Trinajstić information content (AvgIpc) is 2.73. The van der Waals surface area contributed by atoms with Crippen molar-refractivity contribution >= 4 is 38.6 Å². The fourth-order valence-electron chi connectivity index (χ4n) is 1.34. The molecule has 0 aliphatic rings. The molecule has 0 fully saturated rings. The summed E-state index contributed by atoms with van der Waals surface area (Å²) < 4.78 is 1.07. The van der Waals surface area contributed by atoms with Crippen molar-refractivity contribution in [1.29, 1.82) is 0 Å². The van der Waals surface area contributed by atoms with Crippen molar-refractivity contribution in [3.8, 4) is 0 Å². The van der Waals surface area contributed by atoms with Crippen molar-refractivity contribution in [3.63, 3.8) is 0 Å². The highest BCUT2D eigenvalue weighted by atomic mass is 79.9. The van der Waals surface area contributed by atoms with Gasteiger partial charge in [-0.2, -0.15) is 0 Å². The molecular weight excluding hydrogens is 304 g/mol. The normalized spacial score (nSPS) is 10.2. The first-order valence-corrected chi connectivity index (χ1v) is 6.53. The number of nitro groups is 1. The molecular formula is C11H9BrN2O2S. The Morgan fingerprint density at radius 3 is 2.59 bits per heavy atom. The van der Waals surface area contributed by atoms with E-state index in [9.17, 15) is 10.1 Å². The summed E-state index contributed by atoms with van der Waals surface area (Å²) in [5.41, 5.74) is 0.981. The van der Waals surface area contributed by atoms with Gasteiger partial charge in [-0.05, 0) is 34.1 Å². The van der Waals surface area contributed by atoms with Crippen LogP contribution in [0, 0.1) is 10.1 Å². The second kappa shape index (κ2) is 5.29. The number of nitro benzene ring substituents is 1. The summed E-state index contributed by atoms with van der Waals surface area (Å²) in [6.07, 6.45) is 0. The van der Waals surface area contributed by atoms with Crippen molar-refractivity contribution < 1.29 is 4.92 Å². The van der Waals surface area contributed by atoms with E-state index in [1.807, 2.05) is 11.4 Å². The quantitative estimate of drug-likeness (QED) is 0.685. The number of anilines is 1. The summed E-state index contributed by atoms with van der Waals surface area (Å²) >= 11 is 5.05. The first-order valence-electron chi connectivity index (χ1n) is 4.86. The Bertz CT molecular complexity index is 525. The number of benzene rings is 1. The first-order chi connectivity index (χ1) is 8.15. The highest BCUT2D eigenvalue weighted by Gasteiger charge is 2.03. The standard InChI is InChI=1S/C11H9BrN2O2S/c12-8-5-11(17-7-8)6-13-9-1-3-10(4-2-9)14(15)16/h1-5,7,13H,6H2. The molecule has 0 saturated heterocycles. The Balaban J connectivity index is 1.97. The smallest absolute Gasteiger partial charge is 0.269 e. The number of thiophene rings is 1. The molecule has 17 heavy (non-hydrogen) atoms. The van der Waals surface area contributed by atoms with Gasteiger partial charge in [-0.3, -0.25) is 10.1 Å². The molecule has 2 aromatic rings. The van der Waals surface area contributed by atoms with E-state index in [1.54, 1.807) is 23.5 Å². The van der Waals surface area contributed by atoms with Gasteiger partial charge < -0.3 is 5.32 Å². The summed E-state index contributed by atoms with van der Waals surface area (Å²) in [5.74, 6) is 0. The summed E-state index contributed by atoms with van der Waals surface area (Å²) in [4.78, 5) is 11.3. The Labute approximate surface area is 111 Å². The number of non-ortho nitro benzene ring substituents is 1. The highest BCUT2D eigenvalue weighted by Crippen LogP contribution is 2.21. The molecule has 6 heteroatoms. The lowest BCUT2D eigenvalue weighted by atomic mass is 10.3. The molecule has 0 bridgehead atoms. The van der Waals surface area contributed by atoms with Crippen LogP contribution < -0.4 is 5.32 Å². The Morgan fingerprint density at radius 1 is 1.35 bits per heavy atom. The third kappa shape index (κ3) is 3.28. The van der Waals surface area contributed by atoms with Gasteiger partial charge in [-0.15, -0.1) is 11.3 Å². The van der Waals surface area contributed by atoms with Gasteiger partial charge in [0.2, 0.25) is 0 Å². The summed E-state index contributed by atoms with van der Waals surface area (Å²) in [5, 5.41) is 15.7. The van der Waals surface area contributed by atoms with Gasteiger partial charge in [0.05, 0.1) is 4.92 Å². The zero-order valence-electron chi connectivity index (χ0n) is 8.72. The maximum Gasteiger partial charge on any atom is 0.269 e.